The monoisotopic (exact) mass is 479 g/mol. The molecule has 1 N–H and O–H groups in total. The molecule has 2 fully saturated rings. The lowest BCUT2D eigenvalue weighted by Crippen LogP contribution is -2.49. The Balaban J connectivity index is 1.23. The molecule has 4 aliphatic rings. The average molecular weight is 480 g/mol. The number of nitrogens with one attached hydrogen (secondary N) is 1. The standard InChI is InChI=1S/C25H29N5O3S/c1-16(26-4-7-34)18-9-19-12-30(13-20(19)10-18)23(31)3-2-17-8-21-14-29-5-6-33-15-22(29)25(32)28-24(21)27-11-17/h2-4,7-9,11,19-20,22,34H,5-6,10,12-15H2,1H3,(H,27,28,32)/b3-2+,7-4-,26-16+. The van der Waals surface area contributed by atoms with Crippen LogP contribution >= 0.6 is 12.6 Å². The summed E-state index contributed by atoms with van der Waals surface area (Å²) in [6.45, 7) is 5.87. The SMILES string of the molecule is C/C(=N\C=C/S)C1=CC2CN(C(=O)/C=C/c3cnc4c(c3)CN3CCOCC3C(=O)N4)CC2C1. The first-order valence-corrected chi connectivity index (χ1v) is 12.2. The molecule has 8 nitrogen and oxygen atoms in total. The van der Waals surface area contributed by atoms with Crippen LogP contribution in [0, 0.1) is 11.8 Å². The zero-order valence-electron chi connectivity index (χ0n) is 19.2. The van der Waals surface area contributed by atoms with E-state index in [9.17, 15) is 9.59 Å². The molecule has 178 valence electrons. The number of aliphatic imine (C=N–C) groups is 1. The largest absolute Gasteiger partial charge is 0.378 e. The minimum atomic E-state index is -0.290. The van der Waals surface area contributed by atoms with Crippen LogP contribution < -0.4 is 5.32 Å². The van der Waals surface area contributed by atoms with Crippen LogP contribution in [0.2, 0.25) is 0 Å². The van der Waals surface area contributed by atoms with Gasteiger partial charge in [0.25, 0.3) is 0 Å². The summed E-state index contributed by atoms with van der Waals surface area (Å²) in [6, 6.07) is 1.71. The lowest BCUT2D eigenvalue weighted by atomic mass is 9.99. The fourth-order valence-electron chi connectivity index (χ4n) is 5.20. The Morgan fingerprint density at radius 3 is 3.09 bits per heavy atom. The quantitative estimate of drug-likeness (QED) is 0.394. The minimum absolute atomic E-state index is 0.0178. The van der Waals surface area contributed by atoms with Gasteiger partial charge < -0.3 is 15.0 Å². The van der Waals surface area contributed by atoms with Crippen LogP contribution in [0.15, 0.2) is 46.6 Å². The van der Waals surface area contributed by atoms with Crippen molar-refractivity contribution in [2.45, 2.75) is 25.9 Å². The molecule has 1 aromatic heterocycles. The molecule has 3 atom stereocenters. The average Bonchev–Trinajstić information content (AvgIpc) is 3.38. The summed E-state index contributed by atoms with van der Waals surface area (Å²) in [5.74, 6) is 1.36. The number of amides is 2. The Morgan fingerprint density at radius 1 is 1.38 bits per heavy atom. The third-order valence-electron chi connectivity index (χ3n) is 7.06. The number of carbonyl (C=O) groups excluding carboxylic acids is 2. The van der Waals surface area contributed by atoms with Crippen molar-refractivity contribution >= 4 is 42.0 Å². The molecule has 34 heavy (non-hydrogen) atoms. The number of morpholine rings is 1. The third-order valence-corrected chi connectivity index (χ3v) is 7.20. The predicted octanol–water partition coefficient (Wildman–Crippen LogP) is 2.51. The van der Waals surface area contributed by atoms with E-state index >= 15 is 0 Å². The van der Waals surface area contributed by atoms with Gasteiger partial charge in [0.2, 0.25) is 11.8 Å². The highest BCUT2D eigenvalue weighted by Gasteiger charge is 2.38. The van der Waals surface area contributed by atoms with Gasteiger partial charge in [0, 0.05) is 55.9 Å². The Hall–Kier alpha value is -2.75. The number of thiol groups is 1. The third kappa shape index (κ3) is 4.73. The van der Waals surface area contributed by atoms with Gasteiger partial charge in [0.1, 0.15) is 11.9 Å². The van der Waals surface area contributed by atoms with E-state index in [1.54, 1.807) is 23.9 Å². The molecule has 2 saturated heterocycles. The summed E-state index contributed by atoms with van der Waals surface area (Å²) in [6.07, 6.45) is 10.1. The normalized spacial score (nSPS) is 27.4. The van der Waals surface area contributed by atoms with Crippen molar-refractivity contribution in [2.75, 3.05) is 38.2 Å². The van der Waals surface area contributed by atoms with Crippen LogP contribution in [0.25, 0.3) is 6.08 Å². The zero-order chi connectivity index (χ0) is 23.7. The fraction of sp³-hybridized carbons (Fsp3) is 0.440. The number of hydrogen-bond donors (Lipinski definition) is 2. The van der Waals surface area contributed by atoms with Crippen molar-refractivity contribution in [3.8, 4) is 0 Å². The Labute approximate surface area is 204 Å². The number of hydrogen-bond acceptors (Lipinski definition) is 7. The number of anilines is 1. The van der Waals surface area contributed by atoms with Gasteiger partial charge in [-0.05, 0) is 53.9 Å². The van der Waals surface area contributed by atoms with Gasteiger partial charge >= 0.3 is 0 Å². The van der Waals surface area contributed by atoms with Gasteiger partial charge in [-0.2, -0.15) is 0 Å². The molecule has 5 rings (SSSR count). The van der Waals surface area contributed by atoms with Crippen LogP contribution in [-0.4, -0.2) is 71.2 Å². The number of ether oxygens (including phenoxy) is 1. The second-order valence-electron chi connectivity index (χ2n) is 9.24. The molecule has 1 aliphatic carbocycles. The maximum atomic E-state index is 12.9. The highest BCUT2D eigenvalue weighted by atomic mass is 32.1. The van der Waals surface area contributed by atoms with Gasteiger partial charge in [-0.15, -0.1) is 12.6 Å². The Kier molecular flexibility index (Phi) is 6.67. The van der Waals surface area contributed by atoms with E-state index in [-0.39, 0.29) is 17.9 Å². The smallest absolute Gasteiger partial charge is 0.246 e. The second-order valence-corrected chi connectivity index (χ2v) is 9.53. The molecule has 9 heteroatoms. The number of pyridine rings is 1. The molecular weight excluding hydrogens is 450 g/mol. The zero-order valence-corrected chi connectivity index (χ0v) is 20.1. The molecule has 3 unspecified atom stereocenters. The predicted molar refractivity (Wildman–Crippen MR) is 134 cm³/mol. The van der Waals surface area contributed by atoms with Crippen molar-refractivity contribution in [1.82, 2.24) is 14.8 Å². The lowest BCUT2D eigenvalue weighted by Gasteiger charge is -2.32. The summed E-state index contributed by atoms with van der Waals surface area (Å²) >= 11 is 4.05. The lowest BCUT2D eigenvalue weighted by molar-refractivity contribution is -0.127. The van der Waals surface area contributed by atoms with Crippen molar-refractivity contribution in [3.63, 3.8) is 0 Å². The van der Waals surface area contributed by atoms with Crippen LogP contribution in [0.3, 0.4) is 0 Å². The number of likely N-dealkylation sites (tertiary alicyclic amines) is 1. The summed E-state index contributed by atoms with van der Waals surface area (Å²) in [4.78, 5) is 38.2. The van der Waals surface area contributed by atoms with E-state index in [0.29, 0.717) is 44.0 Å². The topological polar surface area (TPSA) is 87.1 Å². The molecule has 1 aromatic rings. The molecule has 0 radical (unpaired) electrons. The number of fused-ring (bicyclic) bond motifs is 3. The van der Waals surface area contributed by atoms with Crippen LogP contribution in [0.1, 0.15) is 24.5 Å². The summed E-state index contributed by atoms with van der Waals surface area (Å²) in [7, 11) is 0. The van der Waals surface area contributed by atoms with Gasteiger partial charge in [0.15, 0.2) is 0 Å². The van der Waals surface area contributed by atoms with E-state index in [1.165, 1.54) is 5.57 Å². The second kappa shape index (κ2) is 9.85. The van der Waals surface area contributed by atoms with E-state index in [4.69, 9.17) is 4.74 Å². The van der Waals surface area contributed by atoms with Crippen LogP contribution in [0.5, 0.6) is 0 Å². The molecule has 0 spiro atoms. The first-order valence-electron chi connectivity index (χ1n) is 11.6. The Morgan fingerprint density at radius 2 is 2.26 bits per heavy atom. The van der Waals surface area contributed by atoms with Crippen LogP contribution in [0.4, 0.5) is 5.82 Å². The van der Waals surface area contributed by atoms with Crippen molar-refractivity contribution in [2.24, 2.45) is 16.8 Å². The van der Waals surface area contributed by atoms with Gasteiger partial charge in [-0.1, -0.05) is 6.08 Å². The van der Waals surface area contributed by atoms with Crippen molar-refractivity contribution in [1.29, 1.82) is 0 Å². The molecular formula is C25H29N5O3S. The van der Waals surface area contributed by atoms with E-state index < -0.39 is 0 Å². The van der Waals surface area contributed by atoms with E-state index in [0.717, 1.165) is 36.3 Å². The van der Waals surface area contributed by atoms with Crippen LogP contribution in [-0.2, 0) is 20.9 Å². The van der Waals surface area contributed by atoms with Gasteiger partial charge in [-0.3, -0.25) is 19.5 Å². The highest BCUT2D eigenvalue weighted by Crippen LogP contribution is 2.37. The summed E-state index contributed by atoms with van der Waals surface area (Å²) in [5, 5.41) is 4.54. The minimum Gasteiger partial charge on any atom is -0.378 e. The number of nitrogens with zero attached hydrogens (tertiary/aromatic N) is 4. The fourth-order valence-corrected chi connectivity index (χ4v) is 5.27. The molecule has 0 aromatic carbocycles. The highest BCUT2D eigenvalue weighted by molar-refractivity contribution is 7.83. The Bertz CT molecular complexity index is 1110. The summed E-state index contributed by atoms with van der Waals surface area (Å²) < 4.78 is 5.47. The van der Waals surface area contributed by atoms with Gasteiger partial charge in [-0.25, -0.2) is 4.98 Å². The van der Waals surface area contributed by atoms with Crippen molar-refractivity contribution in [3.05, 3.63) is 52.7 Å². The number of aromatic nitrogens is 1. The maximum Gasteiger partial charge on any atom is 0.246 e. The molecule has 0 bridgehead atoms. The molecule has 2 amide bonds. The number of allylic oxidation sites excluding steroid dienone is 1. The molecule has 3 aliphatic heterocycles. The molecule has 4 heterocycles. The molecule has 0 saturated carbocycles. The number of carbonyl (C=O) groups is 2. The van der Waals surface area contributed by atoms with Crippen molar-refractivity contribution < 1.29 is 14.3 Å². The first kappa shape index (κ1) is 23.0. The maximum absolute atomic E-state index is 12.9. The van der Waals surface area contributed by atoms with E-state index in [1.807, 2.05) is 24.0 Å². The summed E-state index contributed by atoms with van der Waals surface area (Å²) in [5.41, 5.74) is 4.09. The van der Waals surface area contributed by atoms with Gasteiger partial charge in [0.05, 0.1) is 13.2 Å². The first-order chi connectivity index (χ1) is 16.5. The number of rotatable bonds is 4. The van der Waals surface area contributed by atoms with E-state index in [2.05, 4.69) is 38.9 Å².